The van der Waals surface area contributed by atoms with Crippen molar-refractivity contribution >= 4 is 16.5 Å². The van der Waals surface area contributed by atoms with Gasteiger partial charge < -0.3 is 0 Å². The SMILES string of the molecule is C1=CC(c2ccccc2)CC=C1c1n[nH]c2ccccc12. The summed E-state index contributed by atoms with van der Waals surface area (Å²) in [4.78, 5) is 0. The fraction of sp³-hybridized carbons (Fsp3) is 0.105. The predicted molar refractivity (Wildman–Crippen MR) is 87.0 cm³/mol. The summed E-state index contributed by atoms with van der Waals surface area (Å²) in [6.07, 6.45) is 7.80. The van der Waals surface area contributed by atoms with Crippen LogP contribution >= 0.6 is 0 Å². The van der Waals surface area contributed by atoms with Crippen LogP contribution < -0.4 is 0 Å². The van der Waals surface area contributed by atoms with Gasteiger partial charge in [-0.1, -0.05) is 66.8 Å². The summed E-state index contributed by atoms with van der Waals surface area (Å²) in [5.74, 6) is 0.472. The van der Waals surface area contributed by atoms with Crippen LogP contribution in [0.15, 0.2) is 72.8 Å². The number of hydrogen-bond donors (Lipinski definition) is 1. The highest BCUT2D eigenvalue weighted by molar-refractivity contribution is 5.93. The lowest BCUT2D eigenvalue weighted by atomic mass is 9.89. The van der Waals surface area contributed by atoms with Crippen molar-refractivity contribution in [1.82, 2.24) is 10.2 Å². The van der Waals surface area contributed by atoms with E-state index in [2.05, 4.69) is 77.0 Å². The van der Waals surface area contributed by atoms with Gasteiger partial charge in [0.2, 0.25) is 0 Å². The topological polar surface area (TPSA) is 28.7 Å². The molecule has 21 heavy (non-hydrogen) atoms. The minimum atomic E-state index is 0.472. The Morgan fingerprint density at radius 3 is 2.57 bits per heavy atom. The molecule has 2 aromatic carbocycles. The molecule has 0 saturated heterocycles. The Morgan fingerprint density at radius 1 is 0.952 bits per heavy atom. The molecule has 3 aromatic rings. The van der Waals surface area contributed by atoms with Gasteiger partial charge in [0.1, 0.15) is 0 Å². The van der Waals surface area contributed by atoms with Crippen molar-refractivity contribution in [3.63, 3.8) is 0 Å². The van der Waals surface area contributed by atoms with Gasteiger partial charge in [0.05, 0.1) is 11.2 Å². The monoisotopic (exact) mass is 272 g/mol. The minimum Gasteiger partial charge on any atom is -0.277 e. The van der Waals surface area contributed by atoms with Crippen molar-refractivity contribution in [2.75, 3.05) is 0 Å². The molecule has 1 aromatic heterocycles. The van der Waals surface area contributed by atoms with Crippen LogP contribution in [0.3, 0.4) is 0 Å². The molecule has 2 heteroatoms. The molecule has 0 radical (unpaired) electrons. The number of aromatic nitrogens is 2. The predicted octanol–water partition coefficient (Wildman–Crippen LogP) is 4.69. The normalized spacial score (nSPS) is 17.9. The van der Waals surface area contributed by atoms with Gasteiger partial charge in [0.25, 0.3) is 0 Å². The van der Waals surface area contributed by atoms with E-state index in [-0.39, 0.29) is 0 Å². The molecule has 102 valence electrons. The summed E-state index contributed by atoms with van der Waals surface area (Å²) in [6, 6.07) is 18.9. The maximum Gasteiger partial charge on any atom is 0.0996 e. The molecule has 1 N–H and O–H groups in total. The fourth-order valence-corrected chi connectivity index (χ4v) is 2.93. The number of hydrogen-bond acceptors (Lipinski definition) is 1. The number of nitrogens with one attached hydrogen (secondary N) is 1. The van der Waals surface area contributed by atoms with Gasteiger partial charge >= 0.3 is 0 Å². The molecule has 1 unspecified atom stereocenters. The fourth-order valence-electron chi connectivity index (χ4n) is 2.93. The molecule has 1 aliphatic rings. The highest BCUT2D eigenvalue weighted by atomic mass is 15.1. The van der Waals surface area contributed by atoms with Crippen molar-refractivity contribution in [2.24, 2.45) is 0 Å². The molecular weight excluding hydrogens is 256 g/mol. The van der Waals surface area contributed by atoms with Crippen molar-refractivity contribution in [3.8, 4) is 0 Å². The van der Waals surface area contributed by atoms with E-state index in [1.165, 1.54) is 16.5 Å². The van der Waals surface area contributed by atoms with E-state index >= 15 is 0 Å². The zero-order valence-electron chi connectivity index (χ0n) is 11.7. The minimum absolute atomic E-state index is 0.472. The van der Waals surface area contributed by atoms with Gasteiger partial charge in [-0.3, -0.25) is 5.10 Å². The zero-order chi connectivity index (χ0) is 14.1. The first kappa shape index (κ1) is 12.2. The van der Waals surface area contributed by atoms with Gasteiger partial charge in [-0.25, -0.2) is 0 Å². The lowest BCUT2D eigenvalue weighted by molar-refractivity contribution is 0.855. The Labute approximate surface area is 123 Å². The number of aromatic amines is 1. The number of benzene rings is 2. The smallest absolute Gasteiger partial charge is 0.0996 e. The molecule has 0 amide bonds. The molecule has 0 spiro atoms. The molecule has 0 bridgehead atoms. The maximum atomic E-state index is 4.47. The van der Waals surface area contributed by atoms with E-state index in [9.17, 15) is 0 Å². The van der Waals surface area contributed by atoms with Crippen molar-refractivity contribution in [1.29, 1.82) is 0 Å². The molecule has 0 fully saturated rings. The zero-order valence-corrected chi connectivity index (χ0v) is 11.7. The summed E-state index contributed by atoms with van der Waals surface area (Å²) in [5.41, 5.74) is 4.72. The van der Waals surface area contributed by atoms with Crippen molar-refractivity contribution in [3.05, 3.63) is 84.1 Å². The molecular formula is C19H16N2. The quantitative estimate of drug-likeness (QED) is 0.720. The van der Waals surface area contributed by atoms with Crippen molar-refractivity contribution < 1.29 is 0 Å². The second kappa shape index (κ2) is 5.06. The Kier molecular flexibility index (Phi) is 2.93. The third-order valence-corrected chi connectivity index (χ3v) is 4.07. The number of rotatable bonds is 2. The van der Waals surface area contributed by atoms with E-state index < -0.39 is 0 Å². The van der Waals surface area contributed by atoms with Crippen LogP contribution in [0, 0.1) is 0 Å². The summed E-state index contributed by atoms with van der Waals surface area (Å²) in [7, 11) is 0. The highest BCUT2D eigenvalue weighted by Crippen LogP contribution is 2.32. The number of para-hydroxylation sites is 1. The van der Waals surface area contributed by atoms with Gasteiger partial charge in [0, 0.05) is 11.3 Å². The second-order valence-corrected chi connectivity index (χ2v) is 5.39. The van der Waals surface area contributed by atoms with Gasteiger partial charge in [-0.2, -0.15) is 5.10 Å². The number of fused-ring (bicyclic) bond motifs is 1. The van der Waals surface area contributed by atoms with E-state index in [4.69, 9.17) is 0 Å². The van der Waals surface area contributed by atoms with Gasteiger partial charge in [0.15, 0.2) is 0 Å². The maximum absolute atomic E-state index is 4.47. The summed E-state index contributed by atoms with van der Waals surface area (Å²) >= 11 is 0. The highest BCUT2D eigenvalue weighted by Gasteiger charge is 2.14. The molecule has 0 aliphatic heterocycles. The van der Waals surface area contributed by atoms with Crippen molar-refractivity contribution in [2.45, 2.75) is 12.3 Å². The third kappa shape index (κ3) is 2.19. The van der Waals surface area contributed by atoms with Gasteiger partial charge in [-0.15, -0.1) is 0 Å². The average molecular weight is 272 g/mol. The Hall–Kier alpha value is -2.61. The molecule has 1 heterocycles. The van der Waals surface area contributed by atoms with Crippen LogP contribution in [0.2, 0.25) is 0 Å². The summed E-state index contributed by atoms with van der Waals surface area (Å²) in [6.45, 7) is 0. The molecule has 0 saturated carbocycles. The first-order chi connectivity index (χ1) is 10.4. The number of H-pyrrole nitrogens is 1. The van der Waals surface area contributed by atoms with Crippen LogP contribution in [0.5, 0.6) is 0 Å². The van der Waals surface area contributed by atoms with E-state index in [1.807, 2.05) is 6.07 Å². The summed E-state index contributed by atoms with van der Waals surface area (Å²) < 4.78 is 0. The van der Waals surface area contributed by atoms with Crippen LogP contribution in [0.25, 0.3) is 16.5 Å². The summed E-state index contributed by atoms with van der Waals surface area (Å²) in [5, 5.41) is 8.76. The molecule has 1 atom stereocenters. The third-order valence-electron chi connectivity index (χ3n) is 4.07. The Morgan fingerprint density at radius 2 is 1.76 bits per heavy atom. The van der Waals surface area contributed by atoms with E-state index in [0.717, 1.165) is 17.6 Å². The largest absolute Gasteiger partial charge is 0.277 e. The first-order valence-electron chi connectivity index (χ1n) is 7.28. The van der Waals surface area contributed by atoms with Gasteiger partial charge in [-0.05, 0) is 23.6 Å². The van der Waals surface area contributed by atoms with Crippen LogP contribution in [-0.4, -0.2) is 10.2 Å². The molecule has 4 rings (SSSR count). The molecule has 2 nitrogen and oxygen atoms in total. The lowest BCUT2D eigenvalue weighted by Gasteiger charge is -2.16. The first-order valence-corrected chi connectivity index (χ1v) is 7.28. The number of allylic oxidation sites excluding steroid dienone is 4. The van der Waals surface area contributed by atoms with Crippen LogP contribution in [0.1, 0.15) is 23.6 Å². The van der Waals surface area contributed by atoms with Crippen LogP contribution in [0.4, 0.5) is 0 Å². The van der Waals surface area contributed by atoms with E-state index in [1.54, 1.807) is 0 Å². The standard InChI is InChI=1S/C19H16N2/c1-2-6-14(7-3-1)15-10-12-16(13-11-15)19-17-8-4-5-9-18(17)20-21-19/h1-10,12-13,15H,11H2,(H,20,21). The Bertz CT molecular complexity index is 825. The second-order valence-electron chi connectivity index (χ2n) is 5.39. The lowest BCUT2D eigenvalue weighted by Crippen LogP contribution is -1.98. The molecule has 1 aliphatic carbocycles. The Balaban J connectivity index is 1.65. The average Bonchev–Trinajstić information content (AvgIpc) is 3.00. The van der Waals surface area contributed by atoms with Crippen LogP contribution in [-0.2, 0) is 0 Å². The van der Waals surface area contributed by atoms with E-state index in [0.29, 0.717) is 5.92 Å². The number of nitrogens with zero attached hydrogens (tertiary/aromatic N) is 1.